The molecular formula is C15H16O4. The van der Waals surface area contributed by atoms with E-state index in [-0.39, 0.29) is 11.7 Å². The Bertz CT molecular complexity index is 571. The van der Waals surface area contributed by atoms with Crippen LogP contribution in [0.4, 0.5) is 0 Å². The average molecular weight is 260 g/mol. The SMILES string of the molecule is CCC(C)c1ccccc1Oc1ccc(C(=O)O)o1. The largest absolute Gasteiger partial charge is 0.475 e. The van der Waals surface area contributed by atoms with Gasteiger partial charge in [-0.2, -0.15) is 0 Å². The van der Waals surface area contributed by atoms with Gasteiger partial charge in [-0.3, -0.25) is 0 Å². The Balaban J connectivity index is 2.25. The normalized spacial score (nSPS) is 12.1. The van der Waals surface area contributed by atoms with Gasteiger partial charge in [-0.05, 0) is 30.0 Å². The summed E-state index contributed by atoms with van der Waals surface area (Å²) in [6.07, 6.45) is 0.999. The molecule has 4 nitrogen and oxygen atoms in total. The third kappa shape index (κ3) is 2.96. The summed E-state index contributed by atoms with van der Waals surface area (Å²) in [4.78, 5) is 10.7. The summed E-state index contributed by atoms with van der Waals surface area (Å²) in [5, 5.41) is 8.80. The van der Waals surface area contributed by atoms with Crippen LogP contribution >= 0.6 is 0 Å². The Morgan fingerprint density at radius 1 is 1.32 bits per heavy atom. The van der Waals surface area contributed by atoms with Gasteiger partial charge >= 0.3 is 5.97 Å². The van der Waals surface area contributed by atoms with E-state index in [0.717, 1.165) is 12.0 Å². The molecule has 2 rings (SSSR count). The molecule has 19 heavy (non-hydrogen) atoms. The fourth-order valence-electron chi connectivity index (χ4n) is 1.80. The van der Waals surface area contributed by atoms with Crippen molar-refractivity contribution in [3.05, 3.63) is 47.7 Å². The van der Waals surface area contributed by atoms with E-state index in [1.54, 1.807) is 0 Å². The van der Waals surface area contributed by atoms with Crippen molar-refractivity contribution in [2.45, 2.75) is 26.2 Å². The second kappa shape index (κ2) is 5.61. The molecule has 4 heteroatoms. The van der Waals surface area contributed by atoms with E-state index in [4.69, 9.17) is 14.3 Å². The number of carboxylic acids is 1. The molecule has 0 spiro atoms. The smallest absolute Gasteiger partial charge is 0.371 e. The topological polar surface area (TPSA) is 59.7 Å². The molecule has 0 saturated heterocycles. The number of hydrogen-bond donors (Lipinski definition) is 1. The van der Waals surface area contributed by atoms with Crippen molar-refractivity contribution in [1.29, 1.82) is 0 Å². The van der Waals surface area contributed by atoms with E-state index in [1.165, 1.54) is 12.1 Å². The number of para-hydroxylation sites is 1. The molecule has 1 N–H and O–H groups in total. The molecule has 0 aliphatic rings. The number of carboxylic acid groups (broad SMARTS) is 1. The van der Waals surface area contributed by atoms with Gasteiger partial charge in [0, 0.05) is 6.07 Å². The quantitative estimate of drug-likeness (QED) is 0.871. The van der Waals surface area contributed by atoms with Crippen molar-refractivity contribution in [2.24, 2.45) is 0 Å². The molecule has 100 valence electrons. The van der Waals surface area contributed by atoms with Crippen molar-refractivity contribution < 1.29 is 19.1 Å². The van der Waals surface area contributed by atoms with Crippen molar-refractivity contribution in [1.82, 2.24) is 0 Å². The minimum Gasteiger partial charge on any atom is -0.475 e. The van der Waals surface area contributed by atoms with Crippen LogP contribution in [0.1, 0.15) is 42.3 Å². The number of ether oxygens (including phenoxy) is 1. The van der Waals surface area contributed by atoms with Crippen LogP contribution in [0.5, 0.6) is 11.7 Å². The minimum atomic E-state index is -1.11. The number of rotatable bonds is 5. The summed E-state index contributed by atoms with van der Waals surface area (Å²) in [6.45, 7) is 4.23. The summed E-state index contributed by atoms with van der Waals surface area (Å²) in [5.74, 6) is 0.0162. The van der Waals surface area contributed by atoms with Crippen molar-refractivity contribution in [3.63, 3.8) is 0 Å². The monoisotopic (exact) mass is 260 g/mol. The highest BCUT2D eigenvalue weighted by Crippen LogP contribution is 2.32. The van der Waals surface area contributed by atoms with Crippen LogP contribution in [0, 0.1) is 0 Å². The number of furan rings is 1. The fourth-order valence-corrected chi connectivity index (χ4v) is 1.80. The Hall–Kier alpha value is -2.23. The van der Waals surface area contributed by atoms with Crippen molar-refractivity contribution >= 4 is 5.97 Å². The third-order valence-corrected chi connectivity index (χ3v) is 3.06. The summed E-state index contributed by atoms with van der Waals surface area (Å²) in [5.41, 5.74) is 1.08. The molecule has 0 aliphatic heterocycles. The Labute approximate surface area is 111 Å². The number of carbonyl (C=O) groups is 1. The van der Waals surface area contributed by atoms with Gasteiger partial charge in [0.05, 0.1) is 0 Å². The van der Waals surface area contributed by atoms with E-state index in [1.807, 2.05) is 24.3 Å². The molecule has 1 atom stereocenters. The Kier molecular flexibility index (Phi) is 3.90. The number of hydrogen-bond acceptors (Lipinski definition) is 3. The summed E-state index contributed by atoms with van der Waals surface area (Å²) in [7, 11) is 0. The van der Waals surface area contributed by atoms with Crippen LogP contribution in [0.15, 0.2) is 40.8 Å². The van der Waals surface area contributed by atoms with E-state index in [0.29, 0.717) is 11.7 Å². The predicted octanol–water partition coefficient (Wildman–Crippen LogP) is 4.28. The first kappa shape index (κ1) is 13.2. The highest BCUT2D eigenvalue weighted by Gasteiger charge is 2.14. The van der Waals surface area contributed by atoms with Gasteiger partial charge in [-0.25, -0.2) is 4.79 Å². The zero-order chi connectivity index (χ0) is 13.8. The molecule has 0 aliphatic carbocycles. The van der Waals surface area contributed by atoms with Gasteiger partial charge in [0.2, 0.25) is 5.76 Å². The Morgan fingerprint density at radius 3 is 2.68 bits per heavy atom. The van der Waals surface area contributed by atoms with Crippen LogP contribution < -0.4 is 4.74 Å². The molecule has 1 aromatic carbocycles. The van der Waals surface area contributed by atoms with E-state index >= 15 is 0 Å². The summed E-state index contributed by atoms with van der Waals surface area (Å²) in [6, 6.07) is 10.6. The molecule has 0 fully saturated rings. The predicted molar refractivity (Wildman–Crippen MR) is 70.9 cm³/mol. The molecule has 0 bridgehead atoms. The molecule has 0 radical (unpaired) electrons. The minimum absolute atomic E-state index is 0.129. The lowest BCUT2D eigenvalue weighted by molar-refractivity contribution is 0.0657. The lowest BCUT2D eigenvalue weighted by Gasteiger charge is -2.13. The van der Waals surface area contributed by atoms with Crippen LogP contribution in [0.2, 0.25) is 0 Å². The zero-order valence-corrected chi connectivity index (χ0v) is 10.9. The first-order valence-corrected chi connectivity index (χ1v) is 6.21. The van der Waals surface area contributed by atoms with Crippen LogP contribution in [0.3, 0.4) is 0 Å². The molecule has 1 unspecified atom stereocenters. The number of benzene rings is 1. The first-order valence-electron chi connectivity index (χ1n) is 6.21. The first-order chi connectivity index (χ1) is 9.11. The van der Waals surface area contributed by atoms with Crippen molar-refractivity contribution in [2.75, 3.05) is 0 Å². The molecular weight excluding hydrogens is 244 g/mol. The standard InChI is InChI=1S/C15H16O4/c1-3-10(2)11-6-4-5-7-12(11)18-14-9-8-13(19-14)15(16)17/h4-10H,3H2,1-2H3,(H,16,17). The second-order valence-corrected chi connectivity index (χ2v) is 4.37. The zero-order valence-electron chi connectivity index (χ0n) is 10.9. The highest BCUT2D eigenvalue weighted by molar-refractivity contribution is 5.84. The van der Waals surface area contributed by atoms with Crippen molar-refractivity contribution in [3.8, 4) is 11.7 Å². The number of aromatic carboxylic acids is 1. The van der Waals surface area contributed by atoms with Gasteiger partial charge in [-0.15, -0.1) is 0 Å². The van der Waals surface area contributed by atoms with Gasteiger partial charge in [0.1, 0.15) is 5.75 Å². The van der Waals surface area contributed by atoms with Gasteiger partial charge in [0.15, 0.2) is 0 Å². The van der Waals surface area contributed by atoms with Crippen LogP contribution in [-0.4, -0.2) is 11.1 Å². The lowest BCUT2D eigenvalue weighted by Crippen LogP contribution is -1.95. The van der Waals surface area contributed by atoms with Gasteiger partial charge in [-0.1, -0.05) is 32.0 Å². The average Bonchev–Trinajstić information content (AvgIpc) is 2.87. The summed E-state index contributed by atoms with van der Waals surface area (Å²) < 4.78 is 10.7. The lowest BCUT2D eigenvalue weighted by atomic mass is 9.98. The van der Waals surface area contributed by atoms with E-state index < -0.39 is 5.97 Å². The highest BCUT2D eigenvalue weighted by atomic mass is 16.6. The van der Waals surface area contributed by atoms with Crippen LogP contribution in [-0.2, 0) is 0 Å². The summed E-state index contributed by atoms with van der Waals surface area (Å²) >= 11 is 0. The van der Waals surface area contributed by atoms with E-state index in [2.05, 4.69) is 13.8 Å². The van der Waals surface area contributed by atoms with E-state index in [9.17, 15) is 4.79 Å². The third-order valence-electron chi connectivity index (χ3n) is 3.06. The van der Waals surface area contributed by atoms with Crippen LogP contribution in [0.25, 0.3) is 0 Å². The Morgan fingerprint density at radius 2 is 2.05 bits per heavy atom. The molecule has 0 saturated carbocycles. The molecule has 2 aromatic rings. The maximum Gasteiger partial charge on any atom is 0.371 e. The maximum atomic E-state index is 10.7. The van der Waals surface area contributed by atoms with Gasteiger partial charge in [0.25, 0.3) is 5.95 Å². The fraction of sp³-hybridized carbons (Fsp3) is 0.267. The molecule has 1 aromatic heterocycles. The molecule has 0 amide bonds. The van der Waals surface area contributed by atoms with Gasteiger partial charge < -0.3 is 14.3 Å². The molecule has 1 heterocycles. The second-order valence-electron chi connectivity index (χ2n) is 4.37. The maximum absolute atomic E-state index is 10.7.